The molecule has 0 radical (unpaired) electrons. The quantitative estimate of drug-likeness (QED) is 0.526. The summed E-state index contributed by atoms with van der Waals surface area (Å²) in [5, 5.41) is -0.540. The number of hydrogen-bond acceptors (Lipinski definition) is 2. The third-order valence-electron chi connectivity index (χ3n) is 4.72. The molecule has 114 valence electrons. The number of unbranched alkanes of at least 4 members (excludes halogenated alkanes) is 2. The van der Waals surface area contributed by atoms with E-state index in [1.807, 2.05) is 6.92 Å². The highest BCUT2D eigenvalue weighted by Gasteiger charge is 2.44. The fraction of sp³-hybridized carbons (Fsp3) is 1.00. The van der Waals surface area contributed by atoms with E-state index in [1.165, 1.54) is 6.42 Å². The summed E-state index contributed by atoms with van der Waals surface area (Å²) in [6.45, 7) is 4.17. The maximum absolute atomic E-state index is 11.8. The number of hydrogen-bond donors (Lipinski definition) is 1. The van der Waals surface area contributed by atoms with Crippen molar-refractivity contribution in [3.05, 3.63) is 0 Å². The van der Waals surface area contributed by atoms with Crippen LogP contribution < -0.4 is 0 Å². The van der Waals surface area contributed by atoms with Gasteiger partial charge < -0.3 is 0 Å². The Morgan fingerprint density at radius 1 is 1.05 bits per heavy atom. The van der Waals surface area contributed by atoms with Gasteiger partial charge in [0.15, 0.2) is 0 Å². The molecule has 1 rings (SSSR count). The summed E-state index contributed by atoms with van der Waals surface area (Å²) < 4.78 is 33.3. The lowest BCUT2D eigenvalue weighted by Gasteiger charge is -2.42. The van der Waals surface area contributed by atoms with Crippen LogP contribution in [0.2, 0.25) is 0 Å². The molecule has 1 fully saturated rings. The lowest BCUT2D eigenvalue weighted by molar-refractivity contribution is 0.147. The molecule has 1 aliphatic rings. The highest BCUT2D eigenvalue weighted by atomic mass is 32.2. The lowest BCUT2D eigenvalue weighted by atomic mass is 9.67. The summed E-state index contributed by atoms with van der Waals surface area (Å²) in [5.41, 5.74) is -0.156. The molecule has 1 N–H and O–H groups in total. The first kappa shape index (κ1) is 17.0. The SMILES string of the molecule is CCCCCC1(C(CCC)S(=O)(=O)O)CCCCC1. The van der Waals surface area contributed by atoms with Crippen molar-refractivity contribution < 1.29 is 13.0 Å². The highest BCUT2D eigenvalue weighted by molar-refractivity contribution is 7.86. The maximum atomic E-state index is 11.8. The topological polar surface area (TPSA) is 54.4 Å². The molecular formula is C15H30O3S. The fourth-order valence-electron chi connectivity index (χ4n) is 3.75. The second kappa shape index (κ2) is 7.63. The summed E-state index contributed by atoms with van der Waals surface area (Å²) in [7, 11) is -3.92. The predicted molar refractivity (Wildman–Crippen MR) is 79.9 cm³/mol. The van der Waals surface area contributed by atoms with Crippen molar-refractivity contribution in [1.29, 1.82) is 0 Å². The van der Waals surface area contributed by atoms with E-state index in [0.717, 1.165) is 57.8 Å². The molecule has 0 aliphatic heterocycles. The molecule has 4 heteroatoms. The van der Waals surface area contributed by atoms with Gasteiger partial charge in [-0.25, -0.2) is 0 Å². The van der Waals surface area contributed by atoms with E-state index in [9.17, 15) is 13.0 Å². The molecule has 1 aliphatic carbocycles. The Morgan fingerprint density at radius 3 is 2.16 bits per heavy atom. The van der Waals surface area contributed by atoms with Gasteiger partial charge in [0.05, 0.1) is 5.25 Å². The van der Waals surface area contributed by atoms with Crippen LogP contribution in [-0.4, -0.2) is 18.2 Å². The lowest BCUT2D eigenvalue weighted by Crippen LogP contribution is -2.42. The summed E-state index contributed by atoms with van der Waals surface area (Å²) >= 11 is 0. The molecule has 0 bridgehead atoms. The Balaban J connectivity index is 2.91. The first-order valence-electron chi connectivity index (χ1n) is 7.92. The van der Waals surface area contributed by atoms with E-state index in [4.69, 9.17) is 0 Å². The van der Waals surface area contributed by atoms with Crippen LogP contribution in [0.3, 0.4) is 0 Å². The van der Waals surface area contributed by atoms with Crippen LogP contribution in [0.25, 0.3) is 0 Å². The normalized spacial score (nSPS) is 21.2. The molecule has 0 aromatic carbocycles. The zero-order valence-electron chi connectivity index (χ0n) is 12.5. The minimum atomic E-state index is -3.92. The second-order valence-electron chi connectivity index (χ2n) is 6.17. The first-order valence-corrected chi connectivity index (χ1v) is 9.43. The Labute approximate surface area is 118 Å². The predicted octanol–water partition coefficient (Wildman–Crippen LogP) is 4.57. The third-order valence-corrected chi connectivity index (χ3v) is 6.18. The molecule has 0 amide bonds. The van der Waals surface area contributed by atoms with Gasteiger partial charge >= 0.3 is 0 Å². The van der Waals surface area contributed by atoms with Crippen LogP contribution in [0, 0.1) is 5.41 Å². The van der Waals surface area contributed by atoms with Gasteiger partial charge in [-0.3, -0.25) is 4.55 Å². The first-order chi connectivity index (χ1) is 8.96. The van der Waals surface area contributed by atoms with E-state index in [-0.39, 0.29) is 5.41 Å². The number of rotatable bonds is 8. The molecule has 1 unspecified atom stereocenters. The summed E-state index contributed by atoms with van der Waals surface area (Å²) in [6, 6.07) is 0. The van der Waals surface area contributed by atoms with Gasteiger partial charge in [-0.2, -0.15) is 8.42 Å². The van der Waals surface area contributed by atoms with Gasteiger partial charge in [0.25, 0.3) is 10.1 Å². The average molecular weight is 290 g/mol. The fourth-order valence-corrected chi connectivity index (χ4v) is 5.27. The Hall–Kier alpha value is -0.0900. The zero-order valence-corrected chi connectivity index (χ0v) is 13.3. The summed E-state index contributed by atoms with van der Waals surface area (Å²) in [5.74, 6) is 0. The largest absolute Gasteiger partial charge is 0.285 e. The molecule has 1 saturated carbocycles. The minimum absolute atomic E-state index is 0.156. The van der Waals surface area contributed by atoms with Crippen molar-refractivity contribution in [3.63, 3.8) is 0 Å². The van der Waals surface area contributed by atoms with Crippen molar-refractivity contribution in [2.45, 2.75) is 89.7 Å². The van der Waals surface area contributed by atoms with Gasteiger partial charge in [0.2, 0.25) is 0 Å². The van der Waals surface area contributed by atoms with Crippen molar-refractivity contribution in [3.8, 4) is 0 Å². The average Bonchev–Trinajstić information content (AvgIpc) is 2.36. The van der Waals surface area contributed by atoms with E-state index >= 15 is 0 Å². The van der Waals surface area contributed by atoms with Gasteiger partial charge in [0.1, 0.15) is 0 Å². The Bertz CT molecular complexity index is 342. The van der Waals surface area contributed by atoms with Crippen molar-refractivity contribution >= 4 is 10.1 Å². The van der Waals surface area contributed by atoms with Crippen molar-refractivity contribution in [1.82, 2.24) is 0 Å². The van der Waals surface area contributed by atoms with E-state index in [2.05, 4.69) is 6.92 Å². The molecule has 0 spiro atoms. The van der Waals surface area contributed by atoms with E-state index < -0.39 is 15.4 Å². The van der Waals surface area contributed by atoms with Crippen LogP contribution in [0.15, 0.2) is 0 Å². The molecular weight excluding hydrogens is 260 g/mol. The van der Waals surface area contributed by atoms with Crippen molar-refractivity contribution in [2.75, 3.05) is 0 Å². The molecule has 1 atom stereocenters. The third kappa shape index (κ3) is 4.75. The second-order valence-corrected chi connectivity index (χ2v) is 7.77. The van der Waals surface area contributed by atoms with Crippen LogP contribution in [0.5, 0.6) is 0 Å². The van der Waals surface area contributed by atoms with E-state index in [1.54, 1.807) is 0 Å². The smallest absolute Gasteiger partial charge is 0.268 e. The molecule has 3 nitrogen and oxygen atoms in total. The van der Waals surface area contributed by atoms with E-state index in [0.29, 0.717) is 6.42 Å². The minimum Gasteiger partial charge on any atom is -0.285 e. The standard InChI is InChI=1S/C15H30O3S/c1-3-5-7-11-15(12-8-6-9-13-15)14(10-4-2)19(16,17)18/h14H,3-13H2,1-2H3,(H,16,17,18). The molecule has 0 heterocycles. The zero-order chi connectivity index (χ0) is 14.4. The van der Waals surface area contributed by atoms with Gasteiger partial charge in [-0.15, -0.1) is 0 Å². The van der Waals surface area contributed by atoms with Crippen LogP contribution in [-0.2, 0) is 10.1 Å². The van der Waals surface area contributed by atoms with Crippen LogP contribution in [0.1, 0.15) is 84.5 Å². The van der Waals surface area contributed by atoms with Gasteiger partial charge in [-0.1, -0.05) is 58.8 Å². The molecule has 0 aromatic heterocycles. The van der Waals surface area contributed by atoms with Gasteiger partial charge in [0, 0.05) is 0 Å². The maximum Gasteiger partial charge on any atom is 0.268 e. The summed E-state index contributed by atoms with van der Waals surface area (Å²) in [4.78, 5) is 0. The highest BCUT2D eigenvalue weighted by Crippen LogP contribution is 2.47. The molecule has 0 saturated heterocycles. The van der Waals surface area contributed by atoms with Gasteiger partial charge in [-0.05, 0) is 31.1 Å². The monoisotopic (exact) mass is 290 g/mol. The molecule has 19 heavy (non-hydrogen) atoms. The summed E-state index contributed by atoms with van der Waals surface area (Å²) in [6.07, 6.45) is 11.2. The Kier molecular flexibility index (Phi) is 6.81. The van der Waals surface area contributed by atoms with Crippen molar-refractivity contribution in [2.24, 2.45) is 5.41 Å². The molecule has 0 aromatic rings. The van der Waals surface area contributed by atoms with Crippen LogP contribution in [0.4, 0.5) is 0 Å². The van der Waals surface area contributed by atoms with Crippen LogP contribution >= 0.6 is 0 Å². The Morgan fingerprint density at radius 2 is 1.68 bits per heavy atom.